The van der Waals surface area contributed by atoms with Gasteiger partial charge in [-0.25, -0.2) is 0 Å². The number of rotatable bonds is 4. The van der Waals surface area contributed by atoms with E-state index in [1.165, 1.54) is 0 Å². The highest BCUT2D eigenvalue weighted by molar-refractivity contribution is 9.10. The van der Waals surface area contributed by atoms with Crippen LogP contribution in [0.25, 0.3) is 0 Å². The number of hydrogen-bond acceptors (Lipinski definition) is 3. The van der Waals surface area contributed by atoms with Gasteiger partial charge in [0.25, 0.3) is 0 Å². The summed E-state index contributed by atoms with van der Waals surface area (Å²) in [6.07, 6.45) is 0. The summed E-state index contributed by atoms with van der Waals surface area (Å²) in [5.74, 6) is 1.88. The van der Waals surface area contributed by atoms with Crippen molar-refractivity contribution in [1.82, 2.24) is 0 Å². The molecule has 0 unspecified atom stereocenters. The van der Waals surface area contributed by atoms with E-state index in [2.05, 4.69) is 15.9 Å². The van der Waals surface area contributed by atoms with Crippen LogP contribution in [0.15, 0.2) is 46.9 Å². The molecule has 0 aliphatic rings. The van der Waals surface area contributed by atoms with Gasteiger partial charge in [-0.3, -0.25) is 0 Å². The van der Waals surface area contributed by atoms with Crippen LogP contribution < -0.4 is 9.47 Å². The van der Waals surface area contributed by atoms with Gasteiger partial charge in [0.15, 0.2) is 11.5 Å². The Bertz CT molecular complexity index is 540. The van der Waals surface area contributed by atoms with Gasteiger partial charge < -0.3 is 14.6 Å². The molecule has 2 rings (SSSR count). The van der Waals surface area contributed by atoms with Gasteiger partial charge in [-0.15, -0.1) is 0 Å². The number of aliphatic hydroxyl groups is 1. The third kappa shape index (κ3) is 2.83. The zero-order valence-electron chi connectivity index (χ0n) is 9.89. The molecule has 1 N–H and O–H groups in total. The van der Waals surface area contributed by atoms with Crippen molar-refractivity contribution >= 4 is 15.9 Å². The van der Waals surface area contributed by atoms with Crippen molar-refractivity contribution in [1.29, 1.82) is 0 Å². The van der Waals surface area contributed by atoms with E-state index in [-0.39, 0.29) is 6.61 Å². The smallest absolute Gasteiger partial charge is 0.169 e. The highest BCUT2D eigenvalue weighted by Crippen LogP contribution is 2.34. The summed E-state index contributed by atoms with van der Waals surface area (Å²) in [5, 5.41) is 9.29. The molecule has 0 fully saturated rings. The van der Waals surface area contributed by atoms with Gasteiger partial charge in [0, 0.05) is 10.0 Å². The fourth-order valence-corrected chi connectivity index (χ4v) is 1.92. The van der Waals surface area contributed by atoms with Gasteiger partial charge in [0.2, 0.25) is 0 Å². The van der Waals surface area contributed by atoms with Crippen LogP contribution >= 0.6 is 15.9 Å². The molecule has 4 heteroatoms. The molecule has 0 heterocycles. The van der Waals surface area contributed by atoms with Crippen LogP contribution in [-0.2, 0) is 6.61 Å². The Morgan fingerprint density at radius 1 is 1.06 bits per heavy atom. The molecule has 0 atom stereocenters. The second kappa shape index (κ2) is 5.89. The zero-order chi connectivity index (χ0) is 13.0. The highest BCUT2D eigenvalue weighted by atomic mass is 79.9. The number of methoxy groups -OCH3 is 1. The topological polar surface area (TPSA) is 38.7 Å². The lowest BCUT2D eigenvalue weighted by Crippen LogP contribution is -1.94. The summed E-state index contributed by atoms with van der Waals surface area (Å²) in [4.78, 5) is 0. The Hall–Kier alpha value is -1.52. The summed E-state index contributed by atoms with van der Waals surface area (Å²) in [6.45, 7) is -0.0717. The Morgan fingerprint density at radius 2 is 1.78 bits per heavy atom. The van der Waals surface area contributed by atoms with Gasteiger partial charge in [0.1, 0.15) is 5.75 Å². The molecule has 0 spiro atoms. The molecule has 0 aromatic heterocycles. The second-order valence-corrected chi connectivity index (χ2v) is 4.58. The molecule has 2 aromatic rings. The van der Waals surface area contributed by atoms with E-state index in [9.17, 15) is 5.11 Å². The standard InChI is InChI=1S/C14H13BrO3/c1-17-12-4-2-3-5-13(12)18-14-8-11(15)7-6-10(14)9-16/h2-8,16H,9H2,1H3. The Kier molecular flexibility index (Phi) is 4.23. The normalized spacial score (nSPS) is 10.2. The number of ether oxygens (including phenoxy) is 2. The summed E-state index contributed by atoms with van der Waals surface area (Å²) < 4.78 is 11.9. The molecule has 2 aromatic carbocycles. The molecule has 94 valence electrons. The van der Waals surface area contributed by atoms with Crippen molar-refractivity contribution in [3.63, 3.8) is 0 Å². The van der Waals surface area contributed by atoms with Gasteiger partial charge in [-0.05, 0) is 24.3 Å². The van der Waals surface area contributed by atoms with Crippen LogP contribution in [0.3, 0.4) is 0 Å². The molecule has 18 heavy (non-hydrogen) atoms. The van der Waals surface area contributed by atoms with Crippen molar-refractivity contribution in [2.75, 3.05) is 7.11 Å². The fourth-order valence-electron chi connectivity index (χ4n) is 1.58. The number of halogens is 1. The van der Waals surface area contributed by atoms with E-state index >= 15 is 0 Å². The second-order valence-electron chi connectivity index (χ2n) is 3.66. The summed E-state index contributed by atoms with van der Waals surface area (Å²) in [5.41, 5.74) is 0.726. The lowest BCUT2D eigenvalue weighted by atomic mass is 10.2. The van der Waals surface area contributed by atoms with Gasteiger partial charge in [-0.2, -0.15) is 0 Å². The largest absolute Gasteiger partial charge is 0.493 e. The minimum Gasteiger partial charge on any atom is -0.493 e. The molecule has 0 aliphatic heterocycles. The molecular formula is C14H13BrO3. The van der Waals surface area contributed by atoms with E-state index in [0.717, 1.165) is 10.0 Å². The third-order valence-electron chi connectivity index (χ3n) is 2.49. The average molecular weight is 309 g/mol. The first-order valence-corrected chi connectivity index (χ1v) is 6.24. The Balaban J connectivity index is 2.36. The van der Waals surface area contributed by atoms with Crippen LogP contribution in [0.5, 0.6) is 17.2 Å². The highest BCUT2D eigenvalue weighted by Gasteiger charge is 2.08. The molecule has 0 saturated carbocycles. The summed E-state index contributed by atoms with van der Waals surface area (Å²) in [7, 11) is 1.59. The lowest BCUT2D eigenvalue weighted by molar-refractivity contribution is 0.275. The van der Waals surface area contributed by atoms with E-state index in [1.807, 2.05) is 42.5 Å². The first kappa shape index (κ1) is 12.9. The van der Waals surface area contributed by atoms with Crippen molar-refractivity contribution < 1.29 is 14.6 Å². The Labute approximate surface area is 114 Å². The quantitative estimate of drug-likeness (QED) is 0.935. The van der Waals surface area contributed by atoms with Crippen molar-refractivity contribution in [3.05, 3.63) is 52.5 Å². The molecule has 0 amide bonds. The maximum absolute atomic E-state index is 9.29. The Morgan fingerprint density at radius 3 is 2.44 bits per heavy atom. The van der Waals surface area contributed by atoms with Crippen molar-refractivity contribution in [3.8, 4) is 17.2 Å². The predicted octanol–water partition coefficient (Wildman–Crippen LogP) is 3.74. The molecule has 0 bridgehead atoms. The van der Waals surface area contributed by atoms with E-state index < -0.39 is 0 Å². The minimum absolute atomic E-state index is 0.0717. The fraction of sp³-hybridized carbons (Fsp3) is 0.143. The molecule has 0 radical (unpaired) electrons. The van der Waals surface area contributed by atoms with Crippen LogP contribution in [0.4, 0.5) is 0 Å². The molecular weight excluding hydrogens is 296 g/mol. The van der Waals surface area contributed by atoms with Crippen LogP contribution in [-0.4, -0.2) is 12.2 Å². The van der Waals surface area contributed by atoms with Crippen LogP contribution in [0.1, 0.15) is 5.56 Å². The van der Waals surface area contributed by atoms with E-state index in [4.69, 9.17) is 9.47 Å². The van der Waals surface area contributed by atoms with E-state index in [1.54, 1.807) is 7.11 Å². The van der Waals surface area contributed by atoms with Gasteiger partial charge in [-0.1, -0.05) is 34.1 Å². The predicted molar refractivity (Wildman–Crippen MR) is 73.1 cm³/mol. The van der Waals surface area contributed by atoms with Crippen LogP contribution in [0, 0.1) is 0 Å². The minimum atomic E-state index is -0.0717. The monoisotopic (exact) mass is 308 g/mol. The number of hydrogen-bond donors (Lipinski definition) is 1. The maximum atomic E-state index is 9.29. The lowest BCUT2D eigenvalue weighted by Gasteiger charge is -2.12. The molecule has 0 saturated heterocycles. The average Bonchev–Trinajstić information content (AvgIpc) is 2.40. The van der Waals surface area contributed by atoms with Gasteiger partial charge in [0.05, 0.1) is 13.7 Å². The molecule has 3 nitrogen and oxygen atoms in total. The maximum Gasteiger partial charge on any atom is 0.169 e. The van der Waals surface area contributed by atoms with Gasteiger partial charge >= 0.3 is 0 Å². The number of benzene rings is 2. The number of para-hydroxylation sites is 2. The summed E-state index contributed by atoms with van der Waals surface area (Å²) >= 11 is 3.38. The first-order valence-electron chi connectivity index (χ1n) is 5.44. The third-order valence-corrected chi connectivity index (χ3v) is 2.98. The van der Waals surface area contributed by atoms with E-state index in [0.29, 0.717) is 17.2 Å². The zero-order valence-corrected chi connectivity index (χ0v) is 11.5. The summed E-state index contributed by atoms with van der Waals surface area (Å²) in [6, 6.07) is 12.9. The number of aliphatic hydroxyl groups excluding tert-OH is 1. The van der Waals surface area contributed by atoms with Crippen LogP contribution in [0.2, 0.25) is 0 Å². The SMILES string of the molecule is COc1ccccc1Oc1cc(Br)ccc1CO. The van der Waals surface area contributed by atoms with Crippen molar-refractivity contribution in [2.45, 2.75) is 6.61 Å². The first-order chi connectivity index (χ1) is 8.74. The van der Waals surface area contributed by atoms with Crippen molar-refractivity contribution in [2.24, 2.45) is 0 Å². The molecule has 0 aliphatic carbocycles.